The molecule has 5 rings (SSSR count). The third-order valence-corrected chi connectivity index (χ3v) is 6.70. The molecular formula is C24H26ClF2N5O. The number of hydrogen-bond donors (Lipinski definition) is 0. The highest BCUT2D eigenvalue weighted by atomic mass is 35.5. The Kier molecular flexibility index (Phi) is 6.05. The van der Waals surface area contributed by atoms with Crippen LogP contribution >= 0.6 is 11.6 Å². The molecule has 2 fully saturated rings. The number of piperazine rings is 1. The molecule has 0 spiro atoms. The highest BCUT2D eigenvalue weighted by Crippen LogP contribution is 2.41. The molecule has 0 N–H and O–H groups in total. The molecule has 2 aromatic heterocycles. The molecule has 0 unspecified atom stereocenters. The second kappa shape index (κ2) is 8.99. The lowest BCUT2D eigenvalue weighted by molar-refractivity contribution is -0.133. The van der Waals surface area contributed by atoms with Gasteiger partial charge in [0.2, 0.25) is 5.91 Å². The number of hydrogen-bond acceptors (Lipinski definition) is 4. The fourth-order valence-electron chi connectivity index (χ4n) is 4.55. The summed E-state index contributed by atoms with van der Waals surface area (Å²) >= 11 is 6.08. The Bertz CT molecular complexity index is 1190. The minimum Gasteiger partial charge on any atom is -0.339 e. The summed E-state index contributed by atoms with van der Waals surface area (Å²) in [6.45, 7) is 5.23. The number of pyridine rings is 1. The van der Waals surface area contributed by atoms with E-state index < -0.39 is 6.43 Å². The predicted octanol–water partition coefficient (Wildman–Crippen LogP) is 4.55. The maximum atomic E-state index is 13.8. The van der Waals surface area contributed by atoms with E-state index in [2.05, 4.69) is 15.0 Å². The molecule has 3 aromatic rings. The number of halogens is 3. The van der Waals surface area contributed by atoms with E-state index in [1.165, 1.54) is 10.7 Å². The SMILES string of the molecule is Cc1nn(CC(=O)N2CCN(Cc3cccc(Cl)c3)CC2)c2nc(C3CC3)cc(C(F)F)c12. The topological polar surface area (TPSA) is 54.3 Å². The van der Waals surface area contributed by atoms with Gasteiger partial charge in [-0.15, -0.1) is 0 Å². The van der Waals surface area contributed by atoms with Crippen molar-refractivity contribution in [2.45, 2.75) is 45.2 Å². The van der Waals surface area contributed by atoms with Crippen LogP contribution in [0.3, 0.4) is 0 Å². The highest BCUT2D eigenvalue weighted by molar-refractivity contribution is 6.30. The molecule has 1 aliphatic carbocycles. The fraction of sp³-hybridized carbons (Fsp3) is 0.458. The van der Waals surface area contributed by atoms with Gasteiger partial charge in [0, 0.05) is 54.9 Å². The minimum absolute atomic E-state index is 0.00241. The first-order valence-electron chi connectivity index (χ1n) is 11.3. The van der Waals surface area contributed by atoms with E-state index in [1.54, 1.807) is 6.92 Å². The molecular weight excluding hydrogens is 448 g/mol. The van der Waals surface area contributed by atoms with Crippen molar-refractivity contribution in [3.8, 4) is 0 Å². The average Bonchev–Trinajstić information content (AvgIpc) is 3.59. The zero-order chi connectivity index (χ0) is 23.1. The number of carbonyl (C=O) groups is 1. The number of benzene rings is 1. The summed E-state index contributed by atoms with van der Waals surface area (Å²) in [4.78, 5) is 21.8. The predicted molar refractivity (Wildman–Crippen MR) is 123 cm³/mol. The summed E-state index contributed by atoms with van der Waals surface area (Å²) in [5, 5.41) is 5.51. The third kappa shape index (κ3) is 4.73. The molecule has 0 bridgehead atoms. The van der Waals surface area contributed by atoms with Crippen LogP contribution in [0.1, 0.15) is 47.7 Å². The lowest BCUT2D eigenvalue weighted by Gasteiger charge is -2.34. The van der Waals surface area contributed by atoms with Gasteiger partial charge in [0.25, 0.3) is 6.43 Å². The largest absolute Gasteiger partial charge is 0.339 e. The zero-order valence-corrected chi connectivity index (χ0v) is 19.2. The van der Waals surface area contributed by atoms with Crippen LogP contribution in [-0.4, -0.2) is 56.7 Å². The number of alkyl halides is 2. The van der Waals surface area contributed by atoms with E-state index in [4.69, 9.17) is 11.6 Å². The Hall–Kier alpha value is -2.58. The van der Waals surface area contributed by atoms with Crippen molar-refractivity contribution in [1.29, 1.82) is 0 Å². The maximum Gasteiger partial charge on any atom is 0.264 e. The number of carbonyl (C=O) groups excluding carboxylic acids is 1. The maximum absolute atomic E-state index is 13.8. The van der Waals surface area contributed by atoms with Crippen molar-refractivity contribution in [3.05, 3.63) is 57.9 Å². The van der Waals surface area contributed by atoms with Crippen LogP contribution in [0.25, 0.3) is 11.0 Å². The van der Waals surface area contributed by atoms with Crippen LogP contribution in [0.2, 0.25) is 5.02 Å². The minimum atomic E-state index is -2.60. The summed E-state index contributed by atoms with van der Waals surface area (Å²) in [5.41, 5.74) is 2.66. The molecule has 1 aliphatic heterocycles. The van der Waals surface area contributed by atoms with E-state index in [9.17, 15) is 13.6 Å². The summed E-state index contributed by atoms with van der Waals surface area (Å²) in [5.74, 6) is 0.165. The van der Waals surface area contributed by atoms with Gasteiger partial charge < -0.3 is 4.90 Å². The van der Waals surface area contributed by atoms with E-state index in [1.807, 2.05) is 29.2 Å². The van der Waals surface area contributed by atoms with Gasteiger partial charge in [0.05, 0.1) is 11.1 Å². The van der Waals surface area contributed by atoms with Gasteiger partial charge in [-0.1, -0.05) is 23.7 Å². The first-order valence-corrected chi connectivity index (χ1v) is 11.7. The van der Waals surface area contributed by atoms with Crippen molar-refractivity contribution in [3.63, 3.8) is 0 Å². The van der Waals surface area contributed by atoms with Crippen molar-refractivity contribution >= 4 is 28.5 Å². The second-order valence-electron chi connectivity index (χ2n) is 8.94. The molecule has 6 nitrogen and oxygen atoms in total. The first kappa shape index (κ1) is 22.2. The number of fused-ring (bicyclic) bond motifs is 1. The van der Waals surface area contributed by atoms with E-state index >= 15 is 0 Å². The molecule has 33 heavy (non-hydrogen) atoms. The molecule has 1 saturated carbocycles. The molecule has 3 heterocycles. The fourth-order valence-corrected chi connectivity index (χ4v) is 4.77. The Balaban J connectivity index is 1.29. The van der Waals surface area contributed by atoms with Crippen molar-refractivity contribution in [1.82, 2.24) is 24.6 Å². The first-order chi connectivity index (χ1) is 15.9. The number of nitrogens with zero attached hydrogens (tertiary/aromatic N) is 5. The Labute approximate surface area is 196 Å². The Morgan fingerprint density at radius 2 is 1.94 bits per heavy atom. The molecule has 9 heteroatoms. The zero-order valence-electron chi connectivity index (χ0n) is 18.5. The molecule has 2 aliphatic rings. The van der Waals surface area contributed by atoms with Gasteiger partial charge >= 0.3 is 0 Å². The monoisotopic (exact) mass is 473 g/mol. The van der Waals surface area contributed by atoms with Crippen molar-refractivity contribution < 1.29 is 13.6 Å². The number of aryl methyl sites for hydroxylation is 1. The molecule has 0 radical (unpaired) electrons. The second-order valence-corrected chi connectivity index (χ2v) is 9.38. The number of rotatable bonds is 6. The lowest BCUT2D eigenvalue weighted by atomic mass is 10.1. The lowest BCUT2D eigenvalue weighted by Crippen LogP contribution is -2.49. The van der Waals surface area contributed by atoms with Crippen LogP contribution in [-0.2, 0) is 17.9 Å². The summed E-state index contributed by atoms with van der Waals surface area (Å²) in [6, 6.07) is 9.32. The van der Waals surface area contributed by atoms with Crippen LogP contribution in [0.15, 0.2) is 30.3 Å². The molecule has 0 atom stereocenters. The normalized spacial score (nSPS) is 17.3. The standard InChI is InChI=1S/C24H26ClF2N5O/c1-15-22-19(23(26)27)12-20(17-5-6-17)28-24(22)32(29-15)14-21(33)31-9-7-30(8-10-31)13-16-3-2-4-18(25)11-16/h2-4,11-12,17,23H,5-10,13-14H2,1H3. The summed E-state index contributed by atoms with van der Waals surface area (Å²) in [6.07, 6.45) is -0.674. The van der Waals surface area contributed by atoms with Crippen LogP contribution in [0.5, 0.6) is 0 Å². The Morgan fingerprint density at radius 1 is 1.18 bits per heavy atom. The quantitative estimate of drug-likeness (QED) is 0.527. The van der Waals surface area contributed by atoms with E-state index in [0.717, 1.165) is 43.1 Å². The number of amides is 1. The van der Waals surface area contributed by atoms with Crippen LogP contribution in [0.4, 0.5) is 8.78 Å². The van der Waals surface area contributed by atoms with Gasteiger partial charge in [0.1, 0.15) is 6.54 Å². The molecule has 174 valence electrons. The van der Waals surface area contributed by atoms with Crippen LogP contribution < -0.4 is 0 Å². The van der Waals surface area contributed by atoms with Gasteiger partial charge in [-0.25, -0.2) is 18.4 Å². The molecule has 1 aromatic carbocycles. The van der Waals surface area contributed by atoms with Crippen molar-refractivity contribution in [2.75, 3.05) is 26.2 Å². The third-order valence-electron chi connectivity index (χ3n) is 6.46. The van der Waals surface area contributed by atoms with E-state index in [-0.39, 0.29) is 23.9 Å². The van der Waals surface area contributed by atoms with Gasteiger partial charge in [-0.2, -0.15) is 5.10 Å². The Morgan fingerprint density at radius 3 is 2.61 bits per heavy atom. The van der Waals surface area contributed by atoms with Crippen molar-refractivity contribution in [2.24, 2.45) is 0 Å². The molecule has 1 amide bonds. The van der Waals surface area contributed by atoms with Crippen LogP contribution in [0, 0.1) is 6.92 Å². The summed E-state index contributed by atoms with van der Waals surface area (Å²) in [7, 11) is 0. The van der Waals surface area contributed by atoms with E-state index in [0.29, 0.717) is 35.5 Å². The molecule has 1 saturated heterocycles. The summed E-state index contributed by atoms with van der Waals surface area (Å²) < 4.78 is 29.0. The highest BCUT2D eigenvalue weighted by Gasteiger charge is 2.30. The smallest absolute Gasteiger partial charge is 0.264 e. The average molecular weight is 474 g/mol. The number of aromatic nitrogens is 3. The van der Waals surface area contributed by atoms with Gasteiger partial charge in [-0.05, 0) is 43.5 Å². The van der Waals surface area contributed by atoms with Gasteiger partial charge in [0.15, 0.2) is 5.65 Å². The van der Waals surface area contributed by atoms with Gasteiger partial charge in [-0.3, -0.25) is 9.69 Å².